The van der Waals surface area contributed by atoms with Gasteiger partial charge in [-0.3, -0.25) is 14.5 Å². The zero-order chi connectivity index (χ0) is 24.2. The number of anilines is 1. The molecule has 0 aromatic heterocycles. The van der Waals surface area contributed by atoms with E-state index in [0.29, 0.717) is 34.7 Å². The first-order valence-electron chi connectivity index (χ1n) is 11.1. The molecule has 0 aliphatic carbocycles. The molecule has 1 saturated heterocycles. The molecule has 1 heterocycles. The Kier molecular flexibility index (Phi) is 6.46. The molecule has 1 aliphatic heterocycles. The average molecular weight is 453 g/mol. The molecule has 0 bridgehead atoms. The standard InChI is InChI=1S/C28H24N2O4/c1-3-15-34-23-6-4-5-21(16-23)25-24(26(31)20-11-7-18(2)8-12-20)27(32)28(33)30(25)22-13-9-19(17-29)10-14-22/h4-14,16,25,31H,3,15H2,1-2H3/b26-24-. The molecule has 1 atom stereocenters. The number of hydrogen-bond acceptors (Lipinski definition) is 5. The lowest BCUT2D eigenvalue weighted by Gasteiger charge is -2.26. The highest BCUT2D eigenvalue weighted by Gasteiger charge is 2.47. The first-order chi connectivity index (χ1) is 16.4. The molecule has 0 saturated carbocycles. The van der Waals surface area contributed by atoms with Crippen molar-refractivity contribution < 1.29 is 19.4 Å². The minimum Gasteiger partial charge on any atom is -0.507 e. The first-order valence-corrected chi connectivity index (χ1v) is 11.1. The molecule has 1 N–H and O–H groups in total. The number of aliphatic hydroxyl groups excluding tert-OH is 1. The molecule has 3 aromatic carbocycles. The Morgan fingerprint density at radius 1 is 1.06 bits per heavy atom. The summed E-state index contributed by atoms with van der Waals surface area (Å²) < 4.78 is 5.77. The zero-order valence-corrected chi connectivity index (χ0v) is 19.0. The second kappa shape index (κ2) is 9.63. The highest BCUT2D eigenvalue weighted by Crippen LogP contribution is 2.42. The number of aliphatic hydroxyl groups is 1. The Morgan fingerprint density at radius 3 is 2.41 bits per heavy atom. The van der Waals surface area contributed by atoms with E-state index in [1.165, 1.54) is 4.90 Å². The van der Waals surface area contributed by atoms with Gasteiger partial charge in [0, 0.05) is 11.3 Å². The number of aryl methyl sites for hydroxylation is 1. The van der Waals surface area contributed by atoms with Crippen molar-refractivity contribution in [1.82, 2.24) is 0 Å². The van der Waals surface area contributed by atoms with E-state index in [2.05, 4.69) is 6.07 Å². The molecule has 1 amide bonds. The van der Waals surface area contributed by atoms with Crippen molar-refractivity contribution in [3.63, 3.8) is 0 Å². The molecule has 0 spiro atoms. The van der Waals surface area contributed by atoms with Crippen LogP contribution in [0.2, 0.25) is 0 Å². The van der Waals surface area contributed by atoms with Crippen LogP contribution >= 0.6 is 0 Å². The Morgan fingerprint density at radius 2 is 1.76 bits per heavy atom. The van der Waals surface area contributed by atoms with Gasteiger partial charge in [0.15, 0.2) is 0 Å². The van der Waals surface area contributed by atoms with Gasteiger partial charge in [-0.15, -0.1) is 0 Å². The third kappa shape index (κ3) is 4.28. The molecule has 170 valence electrons. The molecule has 1 aliphatic rings. The normalized spacial score (nSPS) is 17.0. The van der Waals surface area contributed by atoms with Crippen molar-refractivity contribution in [1.29, 1.82) is 5.26 Å². The molecule has 0 radical (unpaired) electrons. The summed E-state index contributed by atoms with van der Waals surface area (Å²) in [5, 5.41) is 20.3. The van der Waals surface area contributed by atoms with Gasteiger partial charge >= 0.3 is 0 Å². The predicted octanol–water partition coefficient (Wildman–Crippen LogP) is 5.28. The molecule has 1 fully saturated rings. The van der Waals surface area contributed by atoms with Crippen molar-refractivity contribution in [2.75, 3.05) is 11.5 Å². The number of hydrogen-bond donors (Lipinski definition) is 1. The average Bonchev–Trinajstić information content (AvgIpc) is 3.13. The molecule has 6 heteroatoms. The maximum Gasteiger partial charge on any atom is 0.300 e. The van der Waals surface area contributed by atoms with Crippen molar-refractivity contribution in [3.05, 3.63) is 101 Å². The number of ketones is 1. The third-order valence-corrected chi connectivity index (χ3v) is 5.69. The van der Waals surface area contributed by atoms with E-state index in [9.17, 15) is 14.7 Å². The van der Waals surface area contributed by atoms with Crippen molar-refractivity contribution in [3.8, 4) is 11.8 Å². The summed E-state index contributed by atoms with van der Waals surface area (Å²) in [7, 11) is 0. The van der Waals surface area contributed by atoms with Crippen LogP contribution in [0.15, 0.2) is 78.4 Å². The monoisotopic (exact) mass is 452 g/mol. The van der Waals surface area contributed by atoms with Gasteiger partial charge in [-0.2, -0.15) is 5.26 Å². The van der Waals surface area contributed by atoms with Crippen LogP contribution < -0.4 is 9.64 Å². The van der Waals surface area contributed by atoms with Gasteiger partial charge in [0.25, 0.3) is 11.7 Å². The summed E-state index contributed by atoms with van der Waals surface area (Å²) in [5.74, 6) is -1.14. The van der Waals surface area contributed by atoms with Crippen LogP contribution in [0, 0.1) is 18.3 Å². The number of nitrogens with zero attached hydrogens (tertiary/aromatic N) is 2. The van der Waals surface area contributed by atoms with Crippen LogP contribution in [0.3, 0.4) is 0 Å². The minimum atomic E-state index is -0.862. The smallest absolute Gasteiger partial charge is 0.300 e. The Hall–Kier alpha value is -4.37. The number of Topliss-reactive ketones (excluding diaryl/α,β-unsaturated/α-hetero) is 1. The van der Waals surface area contributed by atoms with Gasteiger partial charge in [-0.05, 0) is 55.3 Å². The van der Waals surface area contributed by atoms with Crippen LogP contribution in [0.4, 0.5) is 5.69 Å². The number of nitriles is 1. The van der Waals surface area contributed by atoms with Crippen LogP contribution in [-0.4, -0.2) is 23.4 Å². The van der Waals surface area contributed by atoms with Gasteiger partial charge < -0.3 is 9.84 Å². The quantitative estimate of drug-likeness (QED) is 0.312. The largest absolute Gasteiger partial charge is 0.507 e. The Bertz CT molecular complexity index is 1300. The topological polar surface area (TPSA) is 90.6 Å². The van der Waals surface area contributed by atoms with E-state index in [0.717, 1.165) is 12.0 Å². The molecular formula is C28H24N2O4. The minimum absolute atomic E-state index is 0.00542. The molecule has 1 unspecified atom stereocenters. The summed E-state index contributed by atoms with van der Waals surface area (Å²) in [4.78, 5) is 27.8. The number of carbonyl (C=O) groups excluding carboxylic acids is 2. The highest BCUT2D eigenvalue weighted by atomic mass is 16.5. The van der Waals surface area contributed by atoms with E-state index >= 15 is 0 Å². The fourth-order valence-corrected chi connectivity index (χ4v) is 3.97. The second-order valence-electron chi connectivity index (χ2n) is 8.11. The van der Waals surface area contributed by atoms with Crippen molar-refractivity contribution in [2.24, 2.45) is 0 Å². The van der Waals surface area contributed by atoms with Gasteiger partial charge in [0.1, 0.15) is 11.5 Å². The van der Waals surface area contributed by atoms with Crippen molar-refractivity contribution in [2.45, 2.75) is 26.3 Å². The van der Waals surface area contributed by atoms with Crippen molar-refractivity contribution >= 4 is 23.1 Å². The number of amides is 1. The molecular weight excluding hydrogens is 428 g/mol. The van der Waals surface area contributed by atoms with Gasteiger partial charge in [0.2, 0.25) is 0 Å². The SMILES string of the molecule is CCCOc1cccc(C2/C(=C(/O)c3ccc(C)cc3)C(=O)C(=O)N2c2ccc(C#N)cc2)c1. The summed E-state index contributed by atoms with van der Waals surface area (Å²) >= 11 is 0. The lowest BCUT2D eigenvalue weighted by atomic mass is 9.94. The fourth-order valence-electron chi connectivity index (χ4n) is 3.97. The highest BCUT2D eigenvalue weighted by molar-refractivity contribution is 6.51. The predicted molar refractivity (Wildman–Crippen MR) is 129 cm³/mol. The van der Waals surface area contributed by atoms with E-state index in [1.807, 2.05) is 32.0 Å². The fraction of sp³-hybridized carbons (Fsp3) is 0.179. The second-order valence-corrected chi connectivity index (χ2v) is 8.11. The van der Waals surface area contributed by atoms with Crippen LogP contribution in [0.1, 0.15) is 41.6 Å². The number of ether oxygens (including phenoxy) is 1. The summed E-state index contributed by atoms with van der Waals surface area (Å²) in [6.45, 7) is 4.46. The number of rotatable bonds is 6. The summed E-state index contributed by atoms with van der Waals surface area (Å²) in [6.07, 6.45) is 0.835. The van der Waals surface area contributed by atoms with Crippen LogP contribution in [0.5, 0.6) is 5.75 Å². The maximum atomic E-state index is 13.2. The van der Waals surface area contributed by atoms with Gasteiger partial charge in [-0.25, -0.2) is 0 Å². The lowest BCUT2D eigenvalue weighted by Crippen LogP contribution is -2.29. The van der Waals surface area contributed by atoms with E-state index in [-0.39, 0.29) is 11.3 Å². The number of carbonyl (C=O) groups is 2. The molecule has 34 heavy (non-hydrogen) atoms. The van der Waals surface area contributed by atoms with E-state index in [4.69, 9.17) is 10.00 Å². The first kappa shape index (κ1) is 22.8. The summed E-state index contributed by atoms with van der Waals surface area (Å²) in [6, 6.07) is 21.9. The van der Waals surface area contributed by atoms with E-state index in [1.54, 1.807) is 54.6 Å². The van der Waals surface area contributed by atoms with E-state index < -0.39 is 17.7 Å². The van der Waals surface area contributed by atoms with Crippen LogP contribution in [-0.2, 0) is 9.59 Å². The molecule has 6 nitrogen and oxygen atoms in total. The molecule has 4 rings (SSSR count). The Balaban J connectivity index is 1.90. The third-order valence-electron chi connectivity index (χ3n) is 5.69. The lowest BCUT2D eigenvalue weighted by molar-refractivity contribution is -0.132. The maximum absolute atomic E-state index is 13.2. The van der Waals surface area contributed by atoms with Gasteiger partial charge in [-0.1, -0.05) is 48.9 Å². The molecule has 3 aromatic rings. The number of benzene rings is 3. The van der Waals surface area contributed by atoms with Gasteiger partial charge in [0.05, 0.1) is 29.9 Å². The van der Waals surface area contributed by atoms with Crippen LogP contribution in [0.25, 0.3) is 5.76 Å². The zero-order valence-electron chi connectivity index (χ0n) is 19.0. The summed E-state index contributed by atoms with van der Waals surface area (Å²) in [5.41, 5.74) is 2.98. The Labute approximate surface area is 198 Å².